The van der Waals surface area contributed by atoms with Crippen molar-refractivity contribution in [2.45, 2.75) is 219 Å². The molecule has 0 bridgehead atoms. The van der Waals surface area contributed by atoms with E-state index in [2.05, 4.69) is 40.2 Å². The Kier molecular flexibility index (Phi) is 25.1. The lowest BCUT2D eigenvalue weighted by atomic mass is 9.95. The number of nitrogens with one attached hydrogen (secondary N) is 3. The summed E-state index contributed by atoms with van der Waals surface area (Å²) in [6, 6.07) is 7.76. The molecule has 3 amide bonds. The van der Waals surface area contributed by atoms with Crippen molar-refractivity contribution in [2.24, 2.45) is 11.8 Å². The molecule has 2 aliphatic carbocycles. The van der Waals surface area contributed by atoms with Gasteiger partial charge in [0.25, 0.3) is 0 Å². The highest BCUT2D eigenvalue weighted by Crippen LogP contribution is 2.24. The third-order valence-corrected chi connectivity index (χ3v) is 14.2. The molecule has 71 heavy (non-hydrogen) atoms. The fourth-order valence-electron chi connectivity index (χ4n) is 10.2. The van der Waals surface area contributed by atoms with Crippen molar-refractivity contribution in [3.8, 4) is 0 Å². The molecule has 2 aromatic heterocycles. The van der Waals surface area contributed by atoms with Crippen LogP contribution in [0.1, 0.15) is 197 Å². The van der Waals surface area contributed by atoms with Crippen LogP contribution in [0.5, 0.6) is 0 Å². The van der Waals surface area contributed by atoms with Crippen LogP contribution in [0.2, 0.25) is 0 Å². The minimum absolute atomic E-state index is 0.0206. The number of carbonyl (C=O) groups excluding carboxylic acids is 5. The highest BCUT2D eigenvalue weighted by Gasteiger charge is 2.33. The topological polar surface area (TPSA) is 178 Å². The Bertz CT molecular complexity index is 1960. The Morgan fingerprint density at radius 1 is 0.634 bits per heavy atom. The molecule has 396 valence electrons. The van der Waals surface area contributed by atoms with E-state index >= 15 is 0 Å². The average molecular weight is 987 g/mol. The summed E-state index contributed by atoms with van der Waals surface area (Å²) < 4.78 is 15.9. The molecule has 2 aromatic rings. The highest BCUT2D eigenvalue weighted by molar-refractivity contribution is 5.87. The van der Waals surface area contributed by atoms with Gasteiger partial charge in [0.2, 0.25) is 11.8 Å². The van der Waals surface area contributed by atoms with Gasteiger partial charge in [-0.15, -0.1) is 0 Å². The third kappa shape index (κ3) is 20.8. The first-order valence-corrected chi connectivity index (χ1v) is 27.9. The number of aryl methyl sites for hydroxylation is 6. The van der Waals surface area contributed by atoms with Crippen LogP contribution < -0.4 is 16.0 Å². The monoisotopic (exact) mass is 987 g/mol. The summed E-state index contributed by atoms with van der Waals surface area (Å²) in [6.45, 7) is 12.2. The summed E-state index contributed by atoms with van der Waals surface area (Å²) in [6.07, 6.45) is 26.5. The smallest absolute Gasteiger partial charge is 0.410 e. The summed E-state index contributed by atoms with van der Waals surface area (Å²) in [5.41, 5.74) is 7.35. The minimum Gasteiger partial charge on any atom is -0.464 e. The predicted molar refractivity (Wildman–Crippen MR) is 278 cm³/mol. The summed E-state index contributed by atoms with van der Waals surface area (Å²) in [4.78, 5) is 74.4. The second-order valence-electron chi connectivity index (χ2n) is 21.3. The SMILES string of the molecule is CCOC(=O)[C@H](CCCCCCCc1ccc2c(n1)CCCC2)NC(=O)[C@@H]1CCCN(C(=O)OC(C)(C)C)C1.CCOC(=O)[C@H](CCCCCCCc1ccc2c(n1)CCCC2)NC(=O)[C@H]1CCCNC1. The number of esters is 2. The molecule has 2 fully saturated rings. The number of pyridine rings is 2. The lowest BCUT2D eigenvalue weighted by Gasteiger charge is -2.34. The number of piperidine rings is 2. The van der Waals surface area contributed by atoms with Crippen LogP contribution >= 0.6 is 0 Å². The summed E-state index contributed by atoms with van der Waals surface area (Å²) in [5.74, 6) is -1.31. The van der Waals surface area contributed by atoms with Crippen molar-refractivity contribution in [1.82, 2.24) is 30.8 Å². The number of hydrogen-bond donors (Lipinski definition) is 3. The maximum Gasteiger partial charge on any atom is 0.410 e. The van der Waals surface area contributed by atoms with Crippen molar-refractivity contribution in [3.63, 3.8) is 0 Å². The first-order valence-electron chi connectivity index (χ1n) is 27.9. The Balaban J connectivity index is 0.000000269. The van der Waals surface area contributed by atoms with Gasteiger partial charge in [0.05, 0.1) is 25.0 Å². The molecular weight excluding hydrogens is 897 g/mol. The van der Waals surface area contributed by atoms with Gasteiger partial charge in [-0.3, -0.25) is 19.6 Å². The van der Waals surface area contributed by atoms with Gasteiger partial charge in [0.15, 0.2) is 0 Å². The Morgan fingerprint density at radius 3 is 1.61 bits per heavy atom. The maximum absolute atomic E-state index is 13.1. The minimum atomic E-state index is -0.658. The standard InChI is InChI=1S/C31H49N3O5.C26H41N3O3/c1-5-38-29(36)27(33-28(35)24-15-13-21-34(22-24)30(37)39-31(2,3)4)18-10-8-6-7-9-16-25-20-19-23-14-11-12-17-26(23)32-25;1-2-32-26(31)24(29-25(30)21-12-10-18-27-19-21)15-7-5-3-4-6-13-22-17-16-20-11-8-9-14-23(20)28-22/h19-20,24,27H,5-18,21-22H2,1-4H3,(H,33,35);16-17,21,24,27H,2-15,18-19H2,1H3,(H,29,30)/t24-,27+;21-,24-/m10/s1. The molecule has 14 nitrogen and oxygen atoms in total. The van der Waals surface area contributed by atoms with Gasteiger partial charge >= 0.3 is 18.0 Å². The number of rotatable bonds is 24. The zero-order valence-corrected chi connectivity index (χ0v) is 44.4. The molecule has 14 heteroatoms. The average Bonchev–Trinajstić information content (AvgIpc) is 3.37. The van der Waals surface area contributed by atoms with Crippen LogP contribution in [0.4, 0.5) is 4.79 Å². The number of amides is 3. The van der Waals surface area contributed by atoms with Gasteiger partial charge in [-0.25, -0.2) is 14.4 Å². The van der Waals surface area contributed by atoms with Crippen molar-refractivity contribution < 1.29 is 38.2 Å². The maximum atomic E-state index is 13.1. The number of hydrogen-bond acceptors (Lipinski definition) is 11. The van der Waals surface area contributed by atoms with Crippen LogP contribution in [-0.4, -0.2) is 102 Å². The van der Waals surface area contributed by atoms with E-state index in [9.17, 15) is 24.0 Å². The van der Waals surface area contributed by atoms with Crippen molar-refractivity contribution in [2.75, 3.05) is 39.4 Å². The molecule has 0 aromatic carbocycles. The molecular formula is C57H90N6O8. The third-order valence-electron chi connectivity index (χ3n) is 14.2. The lowest BCUT2D eigenvalue weighted by Crippen LogP contribution is -2.50. The van der Waals surface area contributed by atoms with Crippen molar-refractivity contribution in [3.05, 3.63) is 58.2 Å². The molecule has 0 radical (unpaired) electrons. The number of aromatic nitrogens is 2. The number of carbonyl (C=O) groups is 5. The normalized spacial score (nSPS) is 18.6. The molecule has 4 atom stereocenters. The van der Waals surface area contributed by atoms with E-state index in [0.29, 0.717) is 45.5 Å². The molecule has 2 aliphatic heterocycles. The van der Waals surface area contributed by atoms with Crippen molar-refractivity contribution >= 4 is 29.8 Å². The molecule has 6 rings (SSSR count). The van der Waals surface area contributed by atoms with E-state index in [4.69, 9.17) is 24.2 Å². The second kappa shape index (κ2) is 31.1. The first kappa shape index (κ1) is 57.3. The molecule has 0 unspecified atom stereocenters. The molecule has 0 saturated carbocycles. The largest absolute Gasteiger partial charge is 0.464 e. The molecule has 0 spiro atoms. The lowest BCUT2D eigenvalue weighted by molar-refractivity contribution is -0.148. The van der Waals surface area contributed by atoms with Gasteiger partial charge in [-0.05, 0) is 180 Å². The zero-order valence-electron chi connectivity index (χ0n) is 44.4. The Hall–Kier alpha value is -4.59. The van der Waals surface area contributed by atoms with Crippen LogP contribution in [0.3, 0.4) is 0 Å². The fraction of sp³-hybridized carbons (Fsp3) is 0.737. The van der Waals surface area contributed by atoms with Crippen LogP contribution in [0, 0.1) is 11.8 Å². The van der Waals surface area contributed by atoms with Crippen molar-refractivity contribution in [1.29, 1.82) is 0 Å². The Labute approximate surface area is 426 Å². The predicted octanol–water partition coefficient (Wildman–Crippen LogP) is 9.43. The van der Waals surface area contributed by atoms with Gasteiger partial charge in [0, 0.05) is 42.4 Å². The van der Waals surface area contributed by atoms with E-state index in [-0.39, 0.29) is 42.2 Å². The molecule has 4 aliphatic rings. The molecule has 4 heterocycles. The van der Waals surface area contributed by atoms with Gasteiger partial charge in [-0.2, -0.15) is 0 Å². The van der Waals surface area contributed by atoms with E-state index in [1.807, 2.05) is 20.8 Å². The molecule has 2 saturated heterocycles. The summed E-state index contributed by atoms with van der Waals surface area (Å²) in [7, 11) is 0. The first-order chi connectivity index (χ1) is 34.3. The Morgan fingerprint density at radius 2 is 1.11 bits per heavy atom. The van der Waals surface area contributed by atoms with Crippen LogP contribution in [-0.2, 0) is 71.9 Å². The quantitative estimate of drug-likeness (QED) is 0.0519. The number of ether oxygens (including phenoxy) is 3. The fourth-order valence-corrected chi connectivity index (χ4v) is 10.2. The van der Waals surface area contributed by atoms with E-state index in [1.165, 1.54) is 78.8 Å². The van der Waals surface area contributed by atoms with E-state index in [1.54, 1.807) is 18.7 Å². The van der Waals surface area contributed by atoms with Crippen LogP contribution in [0.25, 0.3) is 0 Å². The van der Waals surface area contributed by atoms with Gasteiger partial charge in [-0.1, -0.05) is 63.5 Å². The number of likely N-dealkylation sites (tertiary alicyclic amines) is 1. The van der Waals surface area contributed by atoms with Gasteiger partial charge < -0.3 is 35.1 Å². The van der Waals surface area contributed by atoms with Gasteiger partial charge in [0.1, 0.15) is 17.7 Å². The second-order valence-corrected chi connectivity index (χ2v) is 21.3. The number of fused-ring (bicyclic) bond motifs is 2. The van der Waals surface area contributed by atoms with E-state index in [0.717, 1.165) is 109 Å². The summed E-state index contributed by atoms with van der Waals surface area (Å²) in [5, 5.41) is 9.15. The zero-order chi connectivity index (χ0) is 50.9. The summed E-state index contributed by atoms with van der Waals surface area (Å²) >= 11 is 0. The highest BCUT2D eigenvalue weighted by atomic mass is 16.6. The molecule has 3 N–H and O–H groups in total. The number of unbranched alkanes of at least 4 members (excludes halogenated alkanes) is 8. The van der Waals surface area contributed by atoms with Crippen LogP contribution in [0.15, 0.2) is 24.3 Å². The number of nitrogens with zero attached hydrogens (tertiary/aromatic N) is 3. The van der Waals surface area contributed by atoms with E-state index < -0.39 is 23.8 Å².